The number of methoxy groups -OCH3 is 1. The summed E-state index contributed by atoms with van der Waals surface area (Å²) in [7, 11) is 1.66. The molecule has 3 heteroatoms. The molecular weight excluding hydrogens is 200 g/mol. The number of ether oxygens (including phenoxy) is 1. The van der Waals surface area contributed by atoms with E-state index in [0.717, 1.165) is 30.8 Å². The molecule has 0 bridgehead atoms. The molecular formula is C13H14N2O. The van der Waals surface area contributed by atoms with Gasteiger partial charge < -0.3 is 9.64 Å². The van der Waals surface area contributed by atoms with Gasteiger partial charge in [0.25, 0.3) is 0 Å². The Hall–Kier alpha value is -1.95. The predicted octanol–water partition coefficient (Wildman–Crippen LogP) is 2.36. The SMILES string of the molecule is COc1ccc(N2CC=C(C#N)CC2)cc1. The van der Waals surface area contributed by atoms with E-state index in [4.69, 9.17) is 10.00 Å². The molecule has 1 aliphatic rings. The second-order valence-corrected chi connectivity index (χ2v) is 3.74. The third kappa shape index (κ3) is 2.17. The van der Waals surface area contributed by atoms with Gasteiger partial charge in [-0.15, -0.1) is 0 Å². The molecule has 1 aromatic rings. The lowest BCUT2D eigenvalue weighted by molar-refractivity contribution is 0.415. The summed E-state index contributed by atoms with van der Waals surface area (Å²) in [6.45, 7) is 1.72. The van der Waals surface area contributed by atoms with Gasteiger partial charge in [0.15, 0.2) is 0 Å². The summed E-state index contributed by atoms with van der Waals surface area (Å²) in [4.78, 5) is 2.25. The Morgan fingerprint density at radius 1 is 1.31 bits per heavy atom. The Labute approximate surface area is 95.6 Å². The fraction of sp³-hybridized carbons (Fsp3) is 0.308. The molecule has 0 spiro atoms. The molecule has 1 aromatic carbocycles. The van der Waals surface area contributed by atoms with Gasteiger partial charge in [-0.25, -0.2) is 0 Å². The number of nitrogens with zero attached hydrogens (tertiary/aromatic N) is 2. The first-order valence-corrected chi connectivity index (χ1v) is 5.31. The Kier molecular flexibility index (Phi) is 3.11. The van der Waals surface area contributed by atoms with Crippen LogP contribution in [0.25, 0.3) is 0 Å². The van der Waals surface area contributed by atoms with Crippen LogP contribution in [0.15, 0.2) is 35.9 Å². The molecule has 2 rings (SSSR count). The molecule has 0 unspecified atom stereocenters. The highest BCUT2D eigenvalue weighted by Gasteiger charge is 2.11. The summed E-state index contributed by atoms with van der Waals surface area (Å²) >= 11 is 0. The largest absolute Gasteiger partial charge is 0.497 e. The van der Waals surface area contributed by atoms with E-state index in [0.29, 0.717) is 0 Å². The minimum atomic E-state index is 0.815. The first-order chi connectivity index (χ1) is 7.83. The molecule has 1 heterocycles. The van der Waals surface area contributed by atoms with E-state index in [1.54, 1.807) is 7.11 Å². The fourth-order valence-electron chi connectivity index (χ4n) is 1.80. The molecule has 0 fully saturated rings. The van der Waals surface area contributed by atoms with Gasteiger partial charge in [-0.05, 0) is 30.7 Å². The van der Waals surface area contributed by atoms with Gasteiger partial charge in [0.1, 0.15) is 5.75 Å². The molecule has 82 valence electrons. The van der Waals surface area contributed by atoms with Crippen molar-refractivity contribution in [2.45, 2.75) is 6.42 Å². The normalized spacial score (nSPS) is 15.2. The summed E-state index contributed by atoms with van der Waals surface area (Å²) in [6.07, 6.45) is 2.83. The van der Waals surface area contributed by atoms with Crippen molar-refractivity contribution in [3.05, 3.63) is 35.9 Å². The highest BCUT2D eigenvalue weighted by atomic mass is 16.5. The Balaban J connectivity index is 2.09. The summed E-state index contributed by atoms with van der Waals surface area (Å²) < 4.78 is 5.12. The van der Waals surface area contributed by atoms with Crippen LogP contribution < -0.4 is 9.64 Å². The number of hydrogen-bond donors (Lipinski definition) is 0. The van der Waals surface area contributed by atoms with Crippen LogP contribution in [-0.4, -0.2) is 20.2 Å². The van der Waals surface area contributed by atoms with Crippen molar-refractivity contribution in [3.8, 4) is 11.8 Å². The van der Waals surface area contributed by atoms with Gasteiger partial charge in [-0.1, -0.05) is 6.08 Å². The average Bonchev–Trinajstić information content (AvgIpc) is 2.39. The zero-order valence-corrected chi connectivity index (χ0v) is 9.31. The number of hydrogen-bond acceptors (Lipinski definition) is 3. The van der Waals surface area contributed by atoms with Crippen molar-refractivity contribution >= 4 is 5.69 Å². The maximum Gasteiger partial charge on any atom is 0.119 e. The van der Waals surface area contributed by atoms with Gasteiger partial charge in [0.2, 0.25) is 0 Å². The molecule has 0 saturated carbocycles. The molecule has 0 saturated heterocycles. The van der Waals surface area contributed by atoms with Crippen LogP contribution >= 0.6 is 0 Å². The Bertz CT molecular complexity index is 428. The predicted molar refractivity (Wildman–Crippen MR) is 63.5 cm³/mol. The fourth-order valence-corrected chi connectivity index (χ4v) is 1.80. The van der Waals surface area contributed by atoms with Crippen LogP contribution in [0.2, 0.25) is 0 Å². The lowest BCUT2D eigenvalue weighted by Gasteiger charge is -2.26. The third-order valence-corrected chi connectivity index (χ3v) is 2.79. The van der Waals surface area contributed by atoms with Crippen LogP contribution in [0.1, 0.15) is 6.42 Å². The Morgan fingerprint density at radius 2 is 2.06 bits per heavy atom. The van der Waals surface area contributed by atoms with E-state index in [9.17, 15) is 0 Å². The highest BCUT2D eigenvalue weighted by Crippen LogP contribution is 2.22. The van der Waals surface area contributed by atoms with E-state index in [1.807, 2.05) is 30.3 Å². The van der Waals surface area contributed by atoms with Gasteiger partial charge in [-0.2, -0.15) is 5.26 Å². The molecule has 1 aliphatic heterocycles. The molecule has 16 heavy (non-hydrogen) atoms. The third-order valence-electron chi connectivity index (χ3n) is 2.79. The topological polar surface area (TPSA) is 36.3 Å². The molecule has 0 N–H and O–H groups in total. The zero-order chi connectivity index (χ0) is 11.4. The standard InChI is InChI=1S/C13H14N2O/c1-16-13-4-2-12(3-5-13)15-8-6-11(10-14)7-9-15/h2-6H,7-9H2,1H3. The van der Waals surface area contributed by atoms with Gasteiger partial charge in [-0.3, -0.25) is 0 Å². The minimum Gasteiger partial charge on any atom is -0.497 e. The summed E-state index contributed by atoms with van der Waals surface area (Å²) in [5, 5.41) is 8.76. The Morgan fingerprint density at radius 3 is 2.56 bits per heavy atom. The van der Waals surface area contributed by atoms with Crippen LogP contribution in [-0.2, 0) is 0 Å². The lowest BCUT2D eigenvalue weighted by atomic mass is 10.1. The quantitative estimate of drug-likeness (QED) is 0.758. The van der Waals surface area contributed by atoms with E-state index in [2.05, 4.69) is 11.0 Å². The first kappa shape index (κ1) is 10.6. The van der Waals surface area contributed by atoms with Crippen molar-refractivity contribution < 1.29 is 4.74 Å². The van der Waals surface area contributed by atoms with Crippen LogP contribution in [0.4, 0.5) is 5.69 Å². The molecule has 0 aromatic heterocycles. The van der Waals surface area contributed by atoms with Gasteiger partial charge >= 0.3 is 0 Å². The van der Waals surface area contributed by atoms with Crippen molar-refractivity contribution in [1.82, 2.24) is 0 Å². The second-order valence-electron chi connectivity index (χ2n) is 3.74. The maximum atomic E-state index is 8.76. The smallest absolute Gasteiger partial charge is 0.119 e. The van der Waals surface area contributed by atoms with Crippen LogP contribution in [0.5, 0.6) is 5.75 Å². The molecule has 0 radical (unpaired) electrons. The second kappa shape index (κ2) is 4.71. The monoisotopic (exact) mass is 214 g/mol. The van der Waals surface area contributed by atoms with Crippen molar-refractivity contribution in [2.75, 3.05) is 25.1 Å². The van der Waals surface area contributed by atoms with E-state index in [1.165, 1.54) is 5.69 Å². The number of nitriles is 1. The summed E-state index contributed by atoms with van der Waals surface area (Å²) in [5.41, 5.74) is 2.07. The van der Waals surface area contributed by atoms with Crippen molar-refractivity contribution in [1.29, 1.82) is 5.26 Å². The molecule has 0 amide bonds. The molecule has 3 nitrogen and oxygen atoms in total. The number of benzene rings is 1. The van der Waals surface area contributed by atoms with E-state index >= 15 is 0 Å². The molecule has 0 atom stereocenters. The molecule has 0 aliphatic carbocycles. The minimum absolute atomic E-state index is 0.815. The zero-order valence-electron chi connectivity index (χ0n) is 9.31. The van der Waals surface area contributed by atoms with E-state index < -0.39 is 0 Å². The van der Waals surface area contributed by atoms with Crippen molar-refractivity contribution in [3.63, 3.8) is 0 Å². The van der Waals surface area contributed by atoms with Crippen LogP contribution in [0, 0.1) is 11.3 Å². The van der Waals surface area contributed by atoms with Gasteiger partial charge in [0.05, 0.1) is 13.2 Å². The maximum absolute atomic E-state index is 8.76. The first-order valence-electron chi connectivity index (χ1n) is 5.31. The van der Waals surface area contributed by atoms with Crippen molar-refractivity contribution in [2.24, 2.45) is 0 Å². The number of rotatable bonds is 2. The average molecular weight is 214 g/mol. The van der Waals surface area contributed by atoms with Gasteiger partial charge in [0, 0.05) is 24.4 Å². The summed E-state index contributed by atoms with van der Waals surface area (Å²) in [5.74, 6) is 0.869. The van der Waals surface area contributed by atoms with E-state index in [-0.39, 0.29) is 0 Å². The highest BCUT2D eigenvalue weighted by molar-refractivity contribution is 5.51. The van der Waals surface area contributed by atoms with Crippen LogP contribution in [0.3, 0.4) is 0 Å². The lowest BCUT2D eigenvalue weighted by Crippen LogP contribution is -2.28. The summed E-state index contributed by atoms with van der Waals surface area (Å²) in [6, 6.07) is 10.2. The number of anilines is 1.